The quantitative estimate of drug-likeness (QED) is 0.801. The highest BCUT2D eigenvalue weighted by atomic mass is 32.2. The van der Waals surface area contributed by atoms with Crippen LogP contribution in [0.25, 0.3) is 0 Å². The lowest BCUT2D eigenvalue weighted by Crippen LogP contribution is -2.35. The number of hydrogen-bond donors (Lipinski definition) is 1. The van der Waals surface area contributed by atoms with Crippen molar-refractivity contribution in [3.8, 4) is 0 Å². The molecule has 2 atom stereocenters. The molecule has 29 heavy (non-hydrogen) atoms. The van der Waals surface area contributed by atoms with E-state index in [1.54, 1.807) is 0 Å². The summed E-state index contributed by atoms with van der Waals surface area (Å²) in [5, 5.41) is 3.19. The van der Waals surface area contributed by atoms with Gasteiger partial charge in [0.05, 0.1) is 11.6 Å². The van der Waals surface area contributed by atoms with Crippen LogP contribution in [0.5, 0.6) is 0 Å². The minimum absolute atomic E-state index is 0.0340. The summed E-state index contributed by atoms with van der Waals surface area (Å²) >= 11 is 1.82. The first kappa shape index (κ1) is 20.1. The summed E-state index contributed by atoms with van der Waals surface area (Å²) in [5.74, 6) is 1.73. The molecule has 6 heteroatoms. The molecule has 1 N–H and O–H groups in total. The number of nitrogens with zero attached hydrogens (tertiary/aromatic N) is 2. The summed E-state index contributed by atoms with van der Waals surface area (Å²) in [6, 6.07) is 12.1. The molecule has 3 heterocycles. The maximum atomic E-state index is 13.2. The van der Waals surface area contributed by atoms with Crippen LogP contribution in [0.4, 0.5) is 0 Å². The predicted octanol–water partition coefficient (Wildman–Crippen LogP) is 4.24. The maximum absolute atomic E-state index is 13.2. The molecule has 0 aliphatic carbocycles. The number of rotatable bonds is 5. The van der Waals surface area contributed by atoms with Crippen molar-refractivity contribution in [2.75, 3.05) is 12.3 Å². The molecule has 2 aromatic rings. The van der Waals surface area contributed by atoms with E-state index in [1.807, 2.05) is 53.1 Å². The Morgan fingerprint density at radius 3 is 2.72 bits per heavy atom. The lowest BCUT2D eigenvalue weighted by Gasteiger charge is -2.24. The highest BCUT2D eigenvalue weighted by Gasteiger charge is 2.32. The van der Waals surface area contributed by atoms with Gasteiger partial charge in [0.25, 0.3) is 11.8 Å². The third-order valence-electron chi connectivity index (χ3n) is 6.10. The van der Waals surface area contributed by atoms with Gasteiger partial charge < -0.3 is 14.8 Å². The van der Waals surface area contributed by atoms with Crippen LogP contribution in [0.3, 0.4) is 0 Å². The van der Waals surface area contributed by atoms with Gasteiger partial charge in [-0.15, -0.1) is 0 Å². The fraction of sp³-hybridized carbons (Fsp3) is 0.478. The summed E-state index contributed by atoms with van der Waals surface area (Å²) in [4.78, 5) is 28.4. The van der Waals surface area contributed by atoms with Crippen molar-refractivity contribution in [1.82, 2.24) is 14.8 Å². The van der Waals surface area contributed by atoms with E-state index in [2.05, 4.69) is 23.7 Å². The second kappa shape index (κ2) is 8.66. The molecular formula is C23H29N3O2S. The van der Waals surface area contributed by atoms with E-state index in [4.69, 9.17) is 0 Å². The van der Waals surface area contributed by atoms with Crippen LogP contribution in [-0.4, -0.2) is 39.6 Å². The highest BCUT2D eigenvalue weighted by Crippen LogP contribution is 2.29. The molecule has 2 aliphatic rings. The Labute approximate surface area is 176 Å². The van der Waals surface area contributed by atoms with Gasteiger partial charge in [0.2, 0.25) is 0 Å². The normalized spacial score (nSPS) is 19.7. The second-order valence-corrected chi connectivity index (χ2v) is 9.03. The summed E-state index contributed by atoms with van der Waals surface area (Å²) in [5.41, 5.74) is 3.42. The van der Waals surface area contributed by atoms with Gasteiger partial charge in [-0.05, 0) is 37.8 Å². The van der Waals surface area contributed by atoms with Crippen LogP contribution >= 0.6 is 11.8 Å². The van der Waals surface area contributed by atoms with Crippen molar-refractivity contribution in [1.29, 1.82) is 0 Å². The van der Waals surface area contributed by atoms with E-state index in [9.17, 15) is 9.59 Å². The van der Waals surface area contributed by atoms with Gasteiger partial charge in [-0.25, -0.2) is 0 Å². The van der Waals surface area contributed by atoms with Crippen molar-refractivity contribution in [3.05, 3.63) is 58.9 Å². The monoisotopic (exact) mass is 411 g/mol. The molecule has 0 saturated carbocycles. The van der Waals surface area contributed by atoms with Crippen molar-refractivity contribution < 1.29 is 9.59 Å². The number of hydrogen-bond acceptors (Lipinski definition) is 3. The number of amides is 2. The number of nitrogens with one attached hydrogen (secondary N) is 1. The van der Waals surface area contributed by atoms with Gasteiger partial charge in [0.15, 0.2) is 0 Å². The topological polar surface area (TPSA) is 54.3 Å². The Morgan fingerprint density at radius 1 is 1.24 bits per heavy atom. The van der Waals surface area contributed by atoms with Crippen LogP contribution < -0.4 is 5.32 Å². The third-order valence-corrected chi connectivity index (χ3v) is 7.05. The Bertz CT molecular complexity index is 893. The first-order valence-corrected chi connectivity index (χ1v) is 11.7. The molecule has 1 saturated heterocycles. The fourth-order valence-electron chi connectivity index (χ4n) is 4.42. The smallest absolute Gasteiger partial charge is 0.270 e. The van der Waals surface area contributed by atoms with Gasteiger partial charge >= 0.3 is 0 Å². The maximum Gasteiger partial charge on any atom is 0.270 e. The summed E-state index contributed by atoms with van der Waals surface area (Å²) < 4.78 is 2.09. The molecular weight excluding hydrogens is 382 g/mol. The Balaban J connectivity index is 1.62. The molecule has 4 rings (SSSR count). The molecule has 154 valence electrons. The highest BCUT2D eigenvalue weighted by molar-refractivity contribution is 7.98. The van der Waals surface area contributed by atoms with E-state index >= 15 is 0 Å². The molecule has 0 bridgehead atoms. The number of fused-ring (bicyclic) bond motifs is 1. The van der Waals surface area contributed by atoms with Crippen LogP contribution in [0.1, 0.15) is 71.3 Å². The van der Waals surface area contributed by atoms with Gasteiger partial charge in [-0.1, -0.05) is 37.3 Å². The molecule has 2 unspecified atom stereocenters. The predicted molar refractivity (Wildman–Crippen MR) is 117 cm³/mol. The first-order valence-electron chi connectivity index (χ1n) is 10.6. The summed E-state index contributed by atoms with van der Waals surface area (Å²) in [6.45, 7) is 5.78. The SMILES string of the molecule is CCC(NC(=O)c1cc(C(=O)N2CCCC2C)n2c1CSCC2)c1ccccc1. The summed E-state index contributed by atoms with van der Waals surface area (Å²) in [7, 11) is 0. The Morgan fingerprint density at radius 2 is 2.03 bits per heavy atom. The minimum Gasteiger partial charge on any atom is -0.345 e. The standard InChI is InChI=1S/C23H29N3O2S/c1-3-19(17-9-5-4-6-10-17)24-22(27)18-14-20(26-12-13-29-15-21(18)26)23(28)25-11-7-8-16(25)2/h4-6,9-10,14,16,19H,3,7-8,11-13,15H2,1-2H3,(H,24,27). The second-order valence-electron chi connectivity index (χ2n) is 7.93. The van der Waals surface area contributed by atoms with Gasteiger partial charge in [-0.3, -0.25) is 9.59 Å². The average molecular weight is 412 g/mol. The van der Waals surface area contributed by atoms with E-state index in [0.717, 1.165) is 55.1 Å². The molecule has 1 aromatic carbocycles. The van der Waals surface area contributed by atoms with Gasteiger partial charge in [-0.2, -0.15) is 11.8 Å². The fourth-order valence-corrected chi connectivity index (χ4v) is 5.38. The van der Waals surface area contributed by atoms with Crippen molar-refractivity contribution >= 4 is 23.6 Å². The summed E-state index contributed by atoms with van der Waals surface area (Å²) in [6.07, 6.45) is 2.92. The minimum atomic E-state index is -0.0829. The first-order chi connectivity index (χ1) is 14.1. The number of benzene rings is 1. The van der Waals surface area contributed by atoms with E-state index in [1.165, 1.54) is 0 Å². The zero-order valence-electron chi connectivity index (χ0n) is 17.2. The zero-order valence-corrected chi connectivity index (χ0v) is 18.0. The number of carbonyl (C=O) groups excluding carboxylic acids is 2. The van der Waals surface area contributed by atoms with Crippen LogP contribution in [0.15, 0.2) is 36.4 Å². The largest absolute Gasteiger partial charge is 0.345 e. The molecule has 0 radical (unpaired) electrons. The average Bonchev–Trinajstić information content (AvgIpc) is 3.36. The lowest BCUT2D eigenvalue weighted by molar-refractivity contribution is 0.0736. The number of thioether (sulfide) groups is 1. The lowest BCUT2D eigenvalue weighted by atomic mass is 10.0. The van der Waals surface area contributed by atoms with Crippen LogP contribution in [0.2, 0.25) is 0 Å². The van der Waals surface area contributed by atoms with Gasteiger partial charge in [0.1, 0.15) is 5.69 Å². The molecule has 5 nitrogen and oxygen atoms in total. The zero-order chi connectivity index (χ0) is 20.4. The van der Waals surface area contributed by atoms with Crippen molar-refractivity contribution in [2.45, 2.75) is 57.5 Å². The molecule has 0 spiro atoms. The molecule has 1 aromatic heterocycles. The van der Waals surface area contributed by atoms with E-state index in [-0.39, 0.29) is 23.9 Å². The van der Waals surface area contributed by atoms with Crippen molar-refractivity contribution in [3.63, 3.8) is 0 Å². The van der Waals surface area contributed by atoms with E-state index in [0.29, 0.717) is 11.3 Å². The van der Waals surface area contributed by atoms with Crippen molar-refractivity contribution in [2.24, 2.45) is 0 Å². The molecule has 2 amide bonds. The van der Waals surface area contributed by atoms with E-state index < -0.39 is 0 Å². The molecule has 2 aliphatic heterocycles. The third kappa shape index (κ3) is 3.95. The van der Waals surface area contributed by atoms with Crippen LogP contribution in [0, 0.1) is 0 Å². The molecule has 1 fully saturated rings. The number of aromatic nitrogens is 1. The van der Waals surface area contributed by atoms with Crippen LogP contribution in [-0.2, 0) is 12.3 Å². The Hall–Kier alpha value is -2.21. The number of carbonyl (C=O) groups is 2. The number of likely N-dealkylation sites (tertiary alicyclic amines) is 1. The van der Waals surface area contributed by atoms with Gasteiger partial charge in [0, 0.05) is 36.3 Å². The Kier molecular flexibility index (Phi) is 5.99.